The molecule has 5 nitrogen and oxygen atoms in total. The lowest BCUT2D eigenvalue weighted by molar-refractivity contribution is -0.0590. The molecule has 1 atom stereocenters. The van der Waals surface area contributed by atoms with Gasteiger partial charge in [-0.3, -0.25) is 19.8 Å². The molecule has 6 heteroatoms. The number of hydrogen-bond donors (Lipinski definition) is 2. The van der Waals surface area contributed by atoms with Gasteiger partial charge in [-0.05, 0) is 61.8 Å². The highest BCUT2D eigenvalue weighted by molar-refractivity contribution is 5.93. The molecule has 31 heavy (non-hydrogen) atoms. The molecule has 0 radical (unpaired) electrons. The first-order valence-corrected chi connectivity index (χ1v) is 11.4. The third kappa shape index (κ3) is 3.88. The number of halogens is 1. The number of nitrogens with zero attached hydrogens (tertiary/aromatic N) is 2. The van der Waals surface area contributed by atoms with E-state index in [1.807, 2.05) is 0 Å². The largest absolute Gasteiger partial charge is 0.296 e. The lowest BCUT2D eigenvalue weighted by Crippen LogP contribution is -2.61. The summed E-state index contributed by atoms with van der Waals surface area (Å²) in [6.45, 7) is 3.58. The van der Waals surface area contributed by atoms with Gasteiger partial charge >= 0.3 is 0 Å². The molecule has 0 bridgehead atoms. The number of benzene rings is 2. The molecule has 1 saturated carbocycles. The standard InChI is InChI=1S/C25H30FN3O2/c26-23-14-20(24(30)27-31)13-19-7-11-28(17-22(19)23)21-8-12-29(25(15-21)9-4-10-25)16-18-5-2-1-3-6-18/h1-3,5-6,13-14,21,31H,4,7-12,15-17H2,(H,27,30)/t21-/m0/s1. The second-order valence-corrected chi connectivity index (χ2v) is 9.39. The number of hydrogen-bond acceptors (Lipinski definition) is 4. The maximum absolute atomic E-state index is 14.8. The first kappa shape index (κ1) is 20.6. The molecule has 1 saturated heterocycles. The number of likely N-dealkylation sites (tertiary alicyclic amines) is 1. The van der Waals surface area contributed by atoms with Crippen LogP contribution in [0, 0.1) is 5.82 Å². The Hall–Kier alpha value is -2.28. The van der Waals surface area contributed by atoms with Crippen LogP contribution in [0.3, 0.4) is 0 Å². The Morgan fingerprint density at radius 1 is 1.19 bits per heavy atom. The van der Waals surface area contributed by atoms with E-state index in [1.165, 1.54) is 30.9 Å². The summed E-state index contributed by atoms with van der Waals surface area (Å²) >= 11 is 0. The molecule has 0 unspecified atom stereocenters. The van der Waals surface area contributed by atoms with Crippen molar-refractivity contribution in [3.05, 3.63) is 70.5 Å². The number of rotatable bonds is 4. The molecule has 2 aromatic carbocycles. The van der Waals surface area contributed by atoms with Crippen LogP contribution in [0.25, 0.3) is 0 Å². The van der Waals surface area contributed by atoms with Gasteiger partial charge in [-0.15, -0.1) is 0 Å². The van der Waals surface area contributed by atoms with Crippen LogP contribution in [0.5, 0.6) is 0 Å². The number of carbonyl (C=O) groups is 1. The first-order valence-electron chi connectivity index (χ1n) is 11.4. The average molecular weight is 424 g/mol. The van der Waals surface area contributed by atoms with Gasteiger partial charge in [0.2, 0.25) is 0 Å². The van der Waals surface area contributed by atoms with Gasteiger partial charge in [0, 0.05) is 48.9 Å². The van der Waals surface area contributed by atoms with Crippen molar-refractivity contribution in [2.75, 3.05) is 13.1 Å². The summed E-state index contributed by atoms with van der Waals surface area (Å²) in [7, 11) is 0. The molecular weight excluding hydrogens is 393 g/mol. The van der Waals surface area contributed by atoms with Gasteiger partial charge in [-0.25, -0.2) is 9.87 Å². The van der Waals surface area contributed by atoms with Crippen molar-refractivity contribution in [2.24, 2.45) is 0 Å². The van der Waals surface area contributed by atoms with E-state index in [9.17, 15) is 9.18 Å². The van der Waals surface area contributed by atoms with Crippen molar-refractivity contribution in [2.45, 2.75) is 63.2 Å². The molecule has 2 aromatic rings. The average Bonchev–Trinajstić information content (AvgIpc) is 2.78. The van der Waals surface area contributed by atoms with Crippen LogP contribution < -0.4 is 5.48 Å². The van der Waals surface area contributed by atoms with Crippen molar-refractivity contribution in [3.63, 3.8) is 0 Å². The molecule has 2 heterocycles. The van der Waals surface area contributed by atoms with Gasteiger partial charge in [0.25, 0.3) is 5.91 Å². The summed E-state index contributed by atoms with van der Waals surface area (Å²) in [4.78, 5) is 16.8. The summed E-state index contributed by atoms with van der Waals surface area (Å²) < 4.78 is 14.8. The van der Waals surface area contributed by atoms with Crippen LogP contribution in [0.2, 0.25) is 0 Å². The van der Waals surface area contributed by atoms with Crippen molar-refractivity contribution < 1.29 is 14.4 Å². The monoisotopic (exact) mass is 423 g/mol. The van der Waals surface area contributed by atoms with Gasteiger partial charge in [0.15, 0.2) is 0 Å². The topological polar surface area (TPSA) is 55.8 Å². The van der Waals surface area contributed by atoms with Gasteiger partial charge in [0.05, 0.1) is 0 Å². The number of nitrogens with one attached hydrogen (secondary N) is 1. The van der Waals surface area contributed by atoms with Crippen molar-refractivity contribution in [1.82, 2.24) is 15.3 Å². The third-order valence-corrected chi connectivity index (χ3v) is 7.72. The van der Waals surface area contributed by atoms with Crippen molar-refractivity contribution in [3.8, 4) is 0 Å². The highest BCUT2D eigenvalue weighted by Gasteiger charge is 2.47. The Bertz CT molecular complexity index is 961. The van der Waals surface area contributed by atoms with E-state index in [-0.39, 0.29) is 11.4 Å². The van der Waals surface area contributed by atoms with Crippen LogP contribution in [0.15, 0.2) is 42.5 Å². The number of amides is 1. The molecule has 5 rings (SSSR count). The number of fused-ring (bicyclic) bond motifs is 1. The summed E-state index contributed by atoms with van der Waals surface area (Å²) in [6.07, 6.45) is 6.81. The number of carbonyl (C=O) groups excluding carboxylic acids is 1. The molecule has 1 amide bonds. The Kier molecular flexibility index (Phi) is 5.54. The lowest BCUT2D eigenvalue weighted by atomic mass is 9.68. The molecule has 0 aromatic heterocycles. The fourth-order valence-electron chi connectivity index (χ4n) is 5.83. The van der Waals surface area contributed by atoms with E-state index >= 15 is 0 Å². The molecular formula is C25H30FN3O2. The first-order chi connectivity index (χ1) is 15.1. The van der Waals surface area contributed by atoms with Crippen LogP contribution in [-0.4, -0.2) is 45.6 Å². The smallest absolute Gasteiger partial charge is 0.274 e. The van der Waals surface area contributed by atoms with Gasteiger partial charge in [-0.2, -0.15) is 0 Å². The minimum atomic E-state index is -0.665. The predicted octanol–water partition coefficient (Wildman–Crippen LogP) is 3.89. The molecule has 3 aliphatic rings. The fraction of sp³-hybridized carbons (Fsp3) is 0.480. The van der Waals surface area contributed by atoms with E-state index in [0.717, 1.165) is 44.5 Å². The van der Waals surface area contributed by atoms with Gasteiger partial charge < -0.3 is 0 Å². The highest BCUT2D eigenvalue weighted by Crippen LogP contribution is 2.46. The predicted molar refractivity (Wildman–Crippen MR) is 116 cm³/mol. The summed E-state index contributed by atoms with van der Waals surface area (Å²) in [5.74, 6) is -1.01. The molecule has 2 fully saturated rings. The van der Waals surface area contributed by atoms with Gasteiger partial charge in [-0.1, -0.05) is 30.3 Å². The Labute approximate surface area is 182 Å². The van der Waals surface area contributed by atoms with Crippen LogP contribution in [0.4, 0.5) is 4.39 Å². The Balaban J connectivity index is 1.30. The molecule has 2 aliphatic heterocycles. The Morgan fingerprint density at radius 2 is 2.00 bits per heavy atom. The molecule has 164 valence electrons. The zero-order chi connectivity index (χ0) is 21.4. The molecule has 2 N–H and O–H groups in total. The quantitative estimate of drug-likeness (QED) is 0.579. The SMILES string of the molecule is O=C(NO)c1cc(F)c2c(c1)CCN([C@H]1CCN(Cc3ccccc3)C3(CCC3)C1)C2. The normalized spacial score (nSPS) is 23.2. The number of piperidine rings is 1. The summed E-state index contributed by atoms with van der Waals surface area (Å²) in [5.41, 5.74) is 5.03. The maximum atomic E-state index is 14.8. The van der Waals surface area contributed by atoms with Crippen LogP contribution in [-0.2, 0) is 19.5 Å². The van der Waals surface area contributed by atoms with Crippen molar-refractivity contribution >= 4 is 5.91 Å². The maximum Gasteiger partial charge on any atom is 0.274 e. The van der Waals surface area contributed by atoms with E-state index in [0.29, 0.717) is 23.7 Å². The van der Waals surface area contributed by atoms with E-state index in [2.05, 4.69) is 40.1 Å². The van der Waals surface area contributed by atoms with Crippen molar-refractivity contribution in [1.29, 1.82) is 0 Å². The van der Waals surface area contributed by atoms with E-state index in [1.54, 1.807) is 11.5 Å². The third-order valence-electron chi connectivity index (χ3n) is 7.72. The molecule has 1 aliphatic carbocycles. The van der Waals surface area contributed by atoms with Gasteiger partial charge in [0.1, 0.15) is 5.82 Å². The minimum Gasteiger partial charge on any atom is -0.296 e. The zero-order valence-corrected chi connectivity index (χ0v) is 17.8. The molecule has 1 spiro atoms. The fourth-order valence-corrected chi connectivity index (χ4v) is 5.83. The number of hydroxylamine groups is 1. The second kappa shape index (κ2) is 8.34. The van der Waals surface area contributed by atoms with Crippen LogP contribution in [0.1, 0.15) is 59.2 Å². The second-order valence-electron chi connectivity index (χ2n) is 9.39. The summed E-state index contributed by atoms with van der Waals surface area (Å²) in [6, 6.07) is 14.2. The van der Waals surface area contributed by atoms with Crippen LogP contribution >= 0.6 is 0 Å². The Morgan fingerprint density at radius 3 is 2.71 bits per heavy atom. The summed E-state index contributed by atoms with van der Waals surface area (Å²) in [5, 5.41) is 8.85. The van der Waals surface area contributed by atoms with E-state index < -0.39 is 5.91 Å². The zero-order valence-electron chi connectivity index (χ0n) is 17.8. The minimum absolute atomic E-state index is 0.176. The lowest BCUT2D eigenvalue weighted by Gasteiger charge is -2.57. The highest BCUT2D eigenvalue weighted by atomic mass is 19.1. The van der Waals surface area contributed by atoms with E-state index in [4.69, 9.17) is 5.21 Å².